The summed E-state index contributed by atoms with van der Waals surface area (Å²) in [7, 11) is 0. The first-order valence-electron chi connectivity index (χ1n) is 8.08. The summed E-state index contributed by atoms with van der Waals surface area (Å²) in [6.07, 6.45) is -0.547. The lowest BCUT2D eigenvalue weighted by atomic mass is 10.2. The lowest BCUT2D eigenvalue weighted by Gasteiger charge is -2.38. The van der Waals surface area contributed by atoms with E-state index in [9.17, 15) is 5.11 Å². The molecule has 0 aliphatic heterocycles. The average molecular weight is 335 g/mol. The van der Waals surface area contributed by atoms with Crippen LogP contribution in [-0.4, -0.2) is 37.5 Å². The monoisotopic (exact) mass is 334 g/mol. The van der Waals surface area contributed by atoms with Gasteiger partial charge in [-0.1, -0.05) is 35.9 Å². The molecule has 1 unspecified atom stereocenters. The molecule has 0 saturated heterocycles. The molecule has 1 atom stereocenters. The van der Waals surface area contributed by atoms with E-state index < -0.39 is 6.10 Å². The summed E-state index contributed by atoms with van der Waals surface area (Å²) in [5, 5.41) is 11.2. The molecule has 2 aromatic rings. The van der Waals surface area contributed by atoms with Crippen LogP contribution in [0.15, 0.2) is 54.6 Å². The van der Waals surface area contributed by atoms with Crippen molar-refractivity contribution in [3.8, 4) is 5.75 Å². The van der Waals surface area contributed by atoms with E-state index in [4.69, 9.17) is 16.3 Å². The summed E-state index contributed by atoms with van der Waals surface area (Å²) >= 11 is 6.15. The minimum absolute atomic E-state index is 0.282. The molecule has 23 heavy (non-hydrogen) atoms. The highest BCUT2D eigenvalue weighted by molar-refractivity contribution is 6.30. The van der Waals surface area contributed by atoms with Gasteiger partial charge in [0, 0.05) is 11.1 Å². The first kappa shape index (κ1) is 17.8. The van der Waals surface area contributed by atoms with Crippen LogP contribution in [-0.2, 0) is 0 Å². The summed E-state index contributed by atoms with van der Waals surface area (Å²) in [4.78, 5) is 0. The molecule has 0 bridgehead atoms. The predicted molar refractivity (Wildman–Crippen MR) is 97.1 cm³/mol. The number of aliphatic hydroxyl groups excluding tert-OH is 1. The van der Waals surface area contributed by atoms with E-state index in [1.807, 2.05) is 48.5 Å². The summed E-state index contributed by atoms with van der Waals surface area (Å²) in [5.74, 6) is 0.778. The summed E-state index contributed by atoms with van der Waals surface area (Å²) in [5.41, 5.74) is 1.13. The zero-order valence-corrected chi connectivity index (χ0v) is 14.5. The summed E-state index contributed by atoms with van der Waals surface area (Å²) < 4.78 is 6.36. The molecular weight excluding hydrogens is 310 g/mol. The largest absolute Gasteiger partial charge is 0.491 e. The summed E-state index contributed by atoms with van der Waals surface area (Å²) in [6.45, 7) is 6.92. The Hall–Kier alpha value is -1.55. The topological polar surface area (TPSA) is 29.5 Å². The van der Waals surface area contributed by atoms with Crippen LogP contribution in [0.3, 0.4) is 0 Å². The van der Waals surface area contributed by atoms with Crippen molar-refractivity contribution in [2.45, 2.75) is 20.0 Å². The third-order valence-corrected chi connectivity index (χ3v) is 4.55. The van der Waals surface area contributed by atoms with Crippen molar-refractivity contribution in [1.82, 2.24) is 4.48 Å². The Morgan fingerprint density at radius 1 is 1.04 bits per heavy atom. The maximum Gasteiger partial charge on any atom is 0.137 e. The Balaban J connectivity index is 2.06. The molecule has 0 fully saturated rings. The van der Waals surface area contributed by atoms with Gasteiger partial charge in [-0.2, -0.15) is 0 Å². The molecule has 0 amide bonds. The van der Waals surface area contributed by atoms with Crippen molar-refractivity contribution in [1.29, 1.82) is 0 Å². The number of hydrogen-bond donors (Lipinski definition) is 1. The first-order valence-corrected chi connectivity index (χ1v) is 8.45. The highest BCUT2D eigenvalue weighted by Crippen LogP contribution is 2.26. The van der Waals surface area contributed by atoms with E-state index in [-0.39, 0.29) is 6.61 Å². The number of aliphatic hydroxyl groups is 1. The molecule has 2 aromatic carbocycles. The lowest BCUT2D eigenvalue weighted by molar-refractivity contribution is 0.0731. The molecule has 0 saturated carbocycles. The SMILES string of the molecule is CC[N+](CC)(CC(O)COc1ccccc1)c1cccc(Cl)c1. The fourth-order valence-electron chi connectivity index (χ4n) is 2.89. The molecule has 3 nitrogen and oxygen atoms in total. The van der Waals surface area contributed by atoms with Crippen LogP contribution >= 0.6 is 11.6 Å². The van der Waals surface area contributed by atoms with Crippen molar-refractivity contribution < 1.29 is 9.84 Å². The second kappa shape index (κ2) is 8.34. The Bertz CT molecular complexity index is 599. The minimum atomic E-state index is -0.547. The van der Waals surface area contributed by atoms with Gasteiger partial charge in [0.25, 0.3) is 0 Å². The van der Waals surface area contributed by atoms with Crippen LogP contribution in [0.4, 0.5) is 5.69 Å². The van der Waals surface area contributed by atoms with Crippen LogP contribution in [0, 0.1) is 0 Å². The van der Waals surface area contributed by atoms with Crippen LogP contribution < -0.4 is 9.22 Å². The van der Waals surface area contributed by atoms with Crippen molar-refractivity contribution >= 4 is 17.3 Å². The second-order valence-electron chi connectivity index (χ2n) is 5.72. The molecule has 0 heterocycles. The molecule has 0 aliphatic rings. The molecule has 0 radical (unpaired) electrons. The van der Waals surface area contributed by atoms with Crippen LogP contribution in [0.5, 0.6) is 5.75 Å². The van der Waals surface area contributed by atoms with Crippen LogP contribution in [0.1, 0.15) is 13.8 Å². The van der Waals surface area contributed by atoms with Gasteiger partial charge in [0.1, 0.15) is 30.7 Å². The zero-order valence-electron chi connectivity index (χ0n) is 13.8. The Labute approximate surface area is 143 Å². The number of benzene rings is 2. The molecule has 1 N–H and O–H groups in total. The molecule has 0 aliphatic carbocycles. The van der Waals surface area contributed by atoms with Gasteiger partial charge in [-0.15, -0.1) is 0 Å². The molecule has 2 rings (SSSR count). The molecular formula is C19H25ClNO2+. The smallest absolute Gasteiger partial charge is 0.137 e. The lowest BCUT2D eigenvalue weighted by Crippen LogP contribution is -2.54. The molecule has 124 valence electrons. The fraction of sp³-hybridized carbons (Fsp3) is 0.368. The predicted octanol–water partition coefficient (Wildman–Crippen LogP) is 4.13. The van der Waals surface area contributed by atoms with E-state index in [0.29, 0.717) is 11.0 Å². The highest BCUT2D eigenvalue weighted by Gasteiger charge is 2.30. The fourth-order valence-corrected chi connectivity index (χ4v) is 3.07. The minimum Gasteiger partial charge on any atom is -0.491 e. The van der Waals surface area contributed by atoms with Gasteiger partial charge in [-0.25, -0.2) is 0 Å². The number of nitrogens with zero attached hydrogens (tertiary/aromatic N) is 1. The quantitative estimate of drug-likeness (QED) is 0.736. The van der Waals surface area contributed by atoms with E-state index in [2.05, 4.69) is 19.9 Å². The van der Waals surface area contributed by atoms with E-state index in [0.717, 1.165) is 29.5 Å². The second-order valence-corrected chi connectivity index (χ2v) is 6.15. The van der Waals surface area contributed by atoms with E-state index in [1.165, 1.54) is 0 Å². The number of likely N-dealkylation sites (N-methyl/N-ethyl adjacent to an activating group) is 1. The van der Waals surface area contributed by atoms with E-state index >= 15 is 0 Å². The maximum absolute atomic E-state index is 10.5. The van der Waals surface area contributed by atoms with Crippen molar-refractivity contribution in [3.63, 3.8) is 0 Å². The van der Waals surface area contributed by atoms with Crippen LogP contribution in [0.25, 0.3) is 0 Å². The van der Waals surface area contributed by atoms with Gasteiger partial charge in [0.05, 0.1) is 13.1 Å². The standard InChI is InChI=1S/C19H25ClNO2/c1-3-21(4-2,17-10-8-9-16(20)13-17)14-18(22)15-23-19-11-6-5-7-12-19/h5-13,18,22H,3-4,14-15H2,1-2H3/q+1. The van der Waals surface area contributed by atoms with Crippen molar-refractivity contribution in [2.75, 3.05) is 26.2 Å². The zero-order chi connectivity index (χ0) is 16.7. The number of quaternary nitrogens is 1. The number of para-hydroxylation sites is 1. The van der Waals surface area contributed by atoms with Gasteiger partial charge in [0.2, 0.25) is 0 Å². The normalized spacial score (nSPS) is 12.9. The highest BCUT2D eigenvalue weighted by atomic mass is 35.5. The first-order chi connectivity index (χ1) is 11.1. The van der Waals surface area contributed by atoms with Gasteiger partial charge in [0.15, 0.2) is 0 Å². The van der Waals surface area contributed by atoms with Gasteiger partial charge >= 0.3 is 0 Å². The maximum atomic E-state index is 10.5. The number of halogens is 1. The number of rotatable bonds is 8. The van der Waals surface area contributed by atoms with Gasteiger partial charge in [-0.05, 0) is 38.1 Å². The molecule has 4 heteroatoms. The number of hydrogen-bond acceptors (Lipinski definition) is 2. The Morgan fingerprint density at radius 2 is 1.74 bits per heavy atom. The number of ether oxygens (including phenoxy) is 1. The third-order valence-electron chi connectivity index (χ3n) is 4.31. The van der Waals surface area contributed by atoms with Crippen molar-refractivity contribution in [2.24, 2.45) is 0 Å². The Morgan fingerprint density at radius 3 is 2.35 bits per heavy atom. The van der Waals surface area contributed by atoms with Crippen molar-refractivity contribution in [3.05, 3.63) is 59.6 Å². The average Bonchev–Trinajstić information content (AvgIpc) is 2.59. The van der Waals surface area contributed by atoms with Crippen LogP contribution in [0.2, 0.25) is 5.02 Å². The van der Waals surface area contributed by atoms with Gasteiger partial charge in [-0.3, -0.25) is 4.48 Å². The molecule has 0 aromatic heterocycles. The third kappa shape index (κ3) is 4.71. The molecule has 0 spiro atoms. The summed E-state index contributed by atoms with van der Waals surface area (Å²) in [6, 6.07) is 17.5. The Kier molecular flexibility index (Phi) is 6.46. The van der Waals surface area contributed by atoms with Gasteiger partial charge < -0.3 is 9.84 Å². The van der Waals surface area contributed by atoms with E-state index in [1.54, 1.807) is 0 Å².